The van der Waals surface area contributed by atoms with Gasteiger partial charge in [-0.3, -0.25) is 4.79 Å². The van der Waals surface area contributed by atoms with Crippen molar-refractivity contribution in [2.24, 2.45) is 0 Å². The van der Waals surface area contributed by atoms with Crippen LogP contribution in [0, 0.1) is 13.8 Å². The van der Waals surface area contributed by atoms with E-state index in [1.54, 1.807) is 38.1 Å². The van der Waals surface area contributed by atoms with Crippen LogP contribution < -0.4 is 5.32 Å². The van der Waals surface area contributed by atoms with Gasteiger partial charge in [0.25, 0.3) is 5.91 Å². The minimum Gasteiger partial charge on any atom is -0.451 e. The van der Waals surface area contributed by atoms with Crippen molar-refractivity contribution in [3.8, 4) is 0 Å². The summed E-state index contributed by atoms with van der Waals surface area (Å²) in [4.78, 5) is 12.8. The summed E-state index contributed by atoms with van der Waals surface area (Å²) in [6.07, 6.45) is 0. The van der Waals surface area contributed by atoms with Crippen molar-refractivity contribution in [2.45, 2.75) is 25.7 Å². The number of carbonyl (C=O) groups is 1. The quantitative estimate of drug-likeness (QED) is 0.696. The summed E-state index contributed by atoms with van der Waals surface area (Å²) in [6.45, 7) is 5.22. The van der Waals surface area contributed by atoms with Crippen LogP contribution in [0.3, 0.4) is 0 Å². The van der Waals surface area contributed by atoms with Gasteiger partial charge in [0.1, 0.15) is 5.58 Å². The van der Waals surface area contributed by atoms with Crippen molar-refractivity contribution >= 4 is 44.0 Å². The highest BCUT2D eigenvalue weighted by Gasteiger charge is 2.19. The zero-order valence-corrected chi connectivity index (χ0v) is 16.2. The highest BCUT2D eigenvalue weighted by Crippen LogP contribution is 2.30. The number of hydrogen-bond acceptors (Lipinski definition) is 4. The largest absolute Gasteiger partial charge is 0.451 e. The number of nitrogens with one attached hydrogen (secondary N) is 1. The lowest BCUT2D eigenvalue weighted by Gasteiger charge is -2.07. The molecule has 0 bridgehead atoms. The number of amides is 1. The molecule has 3 rings (SSSR count). The molecule has 0 spiro atoms. The number of furan rings is 1. The summed E-state index contributed by atoms with van der Waals surface area (Å²) in [6, 6.07) is 9.73. The summed E-state index contributed by atoms with van der Waals surface area (Å²) in [5.74, 6) is -0.281. The van der Waals surface area contributed by atoms with Gasteiger partial charge >= 0.3 is 0 Å². The predicted octanol–water partition coefficient (Wildman–Crippen LogP) is 4.75. The summed E-state index contributed by atoms with van der Waals surface area (Å²) in [5.41, 5.74) is 2.50. The third-order valence-electron chi connectivity index (χ3n) is 4.25. The number of benzene rings is 2. The normalized spacial score (nSPS) is 11.7. The van der Waals surface area contributed by atoms with Crippen LogP contribution in [0.4, 0.5) is 5.69 Å². The van der Waals surface area contributed by atoms with Crippen LogP contribution in [0.25, 0.3) is 11.0 Å². The molecule has 3 aromatic rings. The first-order valence-corrected chi connectivity index (χ1v) is 10.1. The smallest absolute Gasteiger partial charge is 0.291 e. The van der Waals surface area contributed by atoms with Crippen LogP contribution in [0.5, 0.6) is 0 Å². The SMILES string of the molecule is CCS(=O)(=O)c1cccc(NC(=O)c2oc3cc(C)c(Cl)cc3c2C)c1. The van der Waals surface area contributed by atoms with Gasteiger partial charge in [0.05, 0.1) is 10.6 Å². The molecule has 1 amide bonds. The van der Waals surface area contributed by atoms with E-state index in [-0.39, 0.29) is 16.4 Å². The molecule has 2 aromatic carbocycles. The lowest BCUT2D eigenvalue weighted by atomic mass is 10.1. The molecular formula is C19H18ClNO4S. The van der Waals surface area contributed by atoms with Gasteiger partial charge in [0.15, 0.2) is 15.6 Å². The molecule has 0 radical (unpaired) electrons. The van der Waals surface area contributed by atoms with Crippen molar-refractivity contribution in [2.75, 3.05) is 11.1 Å². The molecule has 1 N–H and O–H groups in total. The van der Waals surface area contributed by atoms with Crippen molar-refractivity contribution < 1.29 is 17.6 Å². The molecule has 0 unspecified atom stereocenters. The molecule has 136 valence electrons. The van der Waals surface area contributed by atoms with Gasteiger partial charge in [-0.05, 0) is 49.7 Å². The van der Waals surface area contributed by atoms with Gasteiger partial charge in [-0.2, -0.15) is 0 Å². The van der Waals surface area contributed by atoms with E-state index in [1.165, 1.54) is 12.1 Å². The standard InChI is InChI=1S/C19H18ClNO4S/c1-4-26(23,24)14-7-5-6-13(9-14)21-19(22)18-12(3)15-10-16(20)11(2)8-17(15)25-18/h5-10H,4H2,1-3H3,(H,21,22). The van der Waals surface area contributed by atoms with Crippen LogP contribution >= 0.6 is 11.6 Å². The lowest BCUT2D eigenvalue weighted by Crippen LogP contribution is -2.13. The Balaban J connectivity index is 1.95. The second-order valence-corrected chi connectivity index (χ2v) is 8.72. The second kappa shape index (κ2) is 6.78. The number of halogens is 1. The summed E-state index contributed by atoms with van der Waals surface area (Å²) < 4.78 is 29.7. The lowest BCUT2D eigenvalue weighted by molar-refractivity contribution is 0.0998. The van der Waals surface area contributed by atoms with E-state index in [1.807, 2.05) is 6.92 Å². The number of carbonyl (C=O) groups excluding carboxylic acids is 1. The first-order valence-electron chi connectivity index (χ1n) is 8.06. The Hall–Kier alpha value is -2.31. The Morgan fingerprint density at radius 2 is 1.92 bits per heavy atom. The fourth-order valence-electron chi connectivity index (χ4n) is 2.68. The fourth-order valence-corrected chi connectivity index (χ4v) is 3.77. The van der Waals surface area contributed by atoms with E-state index < -0.39 is 15.7 Å². The maximum absolute atomic E-state index is 12.6. The van der Waals surface area contributed by atoms with Gasteiger partial charge in [0.2, 0.25) is 0 Å². The number of sulfone groups is 1. The third kappa shape index (κ3) is 3.34. The number of rotatable bonds is 4. The van der Waals surface area contributed by atoms with Gasteiger partial charge in [-0.15, -0.1) is 0 Å². The van der Waals surface area contributed by atoms with Crippen molar-refractivity contribution in [3.63, 3.8) is 0 Å². The second-order valence-electron chi connectivity index (χ2n) is 6.04. The van der Waals surface area contributed by atoms with E-state index in [0.717, 1.165) is 10.9 Å². The van der Waals surface area contributed by atoms with Crippen molar-refractivity contribution in [1.29, 1.82) is 0 Å². The van der Waals surface area contributed by atoms with E-state index in [4.69, 9.17) is 16.0 Å². The average molecular weight is 392 g/mol. The van der Waals surface area contributed by atoms with E-state index in [2.05, 4.69) is 5.32 Å². The monoisotopic (exact) mass is 391 g/mol. The molecule has 1 aromatic heterocycles. The third-order valence-corrected chi connectivity index (χ3v) is 6.39. The molecule has 0 aliphatic rings. The van der Waals surface area contributed by atoms with Crippen LogP contribution in [-0.2, 0) is 9.84 Å². The Morgan fingerprint density at radius 3 is 2.62 bits per heavy atom. The van der Waals surface area contributed by atoms with Crippen LogP contribution in [-0.4, -0.2) is 20.1 Å². The number of hydrogen-bond donors (Lipinski definition) is 1. The topological polar surface area (TPSA) is 76.4 Å². The highest BCUT2D eigenvalue weighted by molar-refractivity contribution is 7.91. The van der Waals surface area contributed by atoms with E-state index in [9.17, 15) is 13.2 Å². The minimum absolute atomic E-state index is 0.00675. The molecule has 0 atom stereocenters. The molecule has 0 fully saturated rings. The summed E-state index contributed by atoms with van der Waals surface area (Å²) >= 11 is 6.15. The van der Waals surface area contributed by atoms with E-state index >= 15 is 0 Å². The Labute approximate surface area is 156 Å². The summed E-state index contributed by atoms with van der Waals surface area (Å²) in [7, 11) is -3.35. The van der Waals surface area contributed by atoms with Crippen LogP contribution in [0.15, 0.2) is 45.7 Å². The fraction of sp³-hybridized carbons (Fsp3) is 0.211. The van der Waals surface area contributed by atoms with Crippen molar-refractivity contribution in [1.82, 2.24) is 0 Å². The minimum atomic E-state index is -3.35. The Bertz CT molecular complexity index is 1120. The van der Waals surface area contributed by atoms with Crippen LogP contribution in [0.1, 0.15) is 28.6 Å². The molecule has 7 heteroatoms. The highest BCUT2D eigenvalue weighted by atomic mass is 35.5. The molecule has 0 saturated carbocycles. The number of anilines is 1. The Kier molecular flexibility index (Phi) is 4.82. The molecule has 1 heterocycles. The zero-order valence-electron chi connectivity index (χ0n) is 14.6. The van der Waals surface area contributed by atoms with Gasteiger partial charge < -0.3 is 9.73 Å². The number of aryl methyl sites for hydroxylation is 2. The Morgan fingerprint density at radius 1 is 1.19 bits per heavy atom. The number of fused-ring (bicyclic) bond motifs is 1. The van der Waals surface area contributed by atoms with Gasteiger partial charge in [0, 0.05) is 21.7 Å². The average Bonchev–Trinajstić information content (AvgIpc) is 2.92. The first-order chi connectivity index (χ1) is 12.2. The molecule has 26 heavy (non-hydrogen) atoms. The zero-order chi connectivity index (χ0) is 19.1. The van der Waals surface area contributed by atoms with Crippen LogP contribution in [0.2, 0.25) is 5.02 Å². The van der Waals surface area contributed by atoms with Crippen molar-refractivity contribution in [3.05, 3.63) is 58.3 Å². The molecular weight excluding hydrogens is 374 g/mol. The maximum Gasteiger partial charge on any atom is 0.291 e. The van der Waals surface area contributed by atoms with E-state index in [0.29, 0.717) is 21.9 Å². The molecule has 0 saturated heterocycles. The molecule has 0 aliphatic carbocycles. The first kappa shape index (κ1) is 18.5. The summed E-state index contributed by atoms with van der Waals surface area (Å²) in [5, 5.41) is 4.07. The maximum atomic E-state index is 12.6. The molecule has 0 aliphatic heterocycles. The predicted molar refractivity (Wildman–Crippen MR) is 103 cm³/mol. The molecule has 5 nitrogen and oxygen atoms in total. The van der Waals surface area contributed by atoms with Gasteiger partial charge in [-0.1, -0.05) is 24.6 Å². The van der Waals surface area contributed by atoms with Gasteiger partial charge in [-0.25, -0.2) is 8.42 Å².